The van der Waals surface area contributed by atoms with E-state index in [1.807, 2.05) is 18.2 Å². The van der Waals surface area contributed by atoms with Crippen LogP contribution in [-0.2, 0) is 14.4 Å². The smallest absolute Gasteiger partial charge is 0.278 e. The second kappa shape index (κ2) is 18.7. The zero-order valence-corrected chi connectivity index (χ0v) is 39.6. The maximum atomic E-state index is 13.7. The van der Waals surface area contributed by atoms with Gasteiger partial charge in [0.15, 0.2) is 0 Å². The van der Waals surface area contributed by atoms with E-state index in [4.69, 9.17) is 16.3 Å². The standard InChI is InChI=1S/C51H60ClN9O6/c1-50(2)48(51(3,4)49(50)67-38-11-9-36(29-53)40(52)28-38)55-44(63)34-7-5-32(6-8-34)33-17-21-58(22-18-33)30-31-15-23-60(24-16-31)46(65)35-19-25-59(26-20-35)37-10-12-41-39(27-37)47(66)61(57-56-41)42-13-14-43(62)54-45(42)64/h5-12,27-28,31,33,35,42,48-49H,13-26,30H2,1-4H3,(H,55,63)(H,54,62,64). The number of benzene rings is 3. The summed E-state index contributed by atoms with van der Waals surface area (Å²) in [5.74, 6) is 0.858. The molecule has 15 nitrogen and oxygen atoms in total. The number of hydrogen-bond acceptors (Lipinski definition) is 11. The van der Waals surface area contributed by atoms with Crippen molar-refractivity contribution in [2.45, 2.75) is 103 Å². The molecule has 0 spiro atoms. The summed E-state index contributed by atoms with van der Waals surface area (Å²) < 4.78 is 7.48. The molecule has 4 amide bonds. The average molecular weight is 931 g/mol. The molecule has 5 aliphatic rings. The van der Waals surface area contributed by atoms with E-state index in [9.17, 15) is 29.2 Å². The molecule has 1 aromatic heterocycles. The van der Waals surface area contributed by atoms with Crippen molar-refractivity contribution in [1.82, 2.24) is 35.4 Å². The summed E-state index contributed by atoms with van der Waals surface area (Å²) in [5, 5.41) is 23.7. The van der Waals surface area contributed by atoms with Gasteiger partial charge in [0.1, 0.15) is 29.5 Å². The molecule has 352 valence electrons. The van der Waals surface area contributed by atoms with E-state index < -0.39 is 17.5 Å². The van der Waals surface area contributed by atoms with Gasteiger partial charge in [-0.1, -0.05) is 56.6 Å². The monoisotopic (exact) mass is 929 g/mol. The van der Waals surface area contributed by atoms with E-state index >= 15 is 0 Å². The first kappa shape index (κ1) is 46.3. The van der Waals surface area contributed by atoms with Crippen molar-refractivity contribution < 1.29 is 23.9 Å². The zero-order chi connectivity index (χ0) is 47.2. The predicted molar refractivity (Wildman–Crippen MR) is 254 cm³/mol. The van der Waals surface area contributed by atoms with Crippen LogP contribution in [0.15, 0.2) is 65.5 Å². The Labute approximate surface area is 396 Å². The Bertz CT molecular complexity index is 2640. The number of carbonyl (C=O) groups is 4. The number of halogens is 1. The third-order valence-electron chi connectivity index (χ3n) is 15.5. The summed E-state index contributed by atoms with van der Waals surface area (Å²) in [6.45, 7) is 14.5. The normalized spacial score (nSPS) is 23.9. The zero-order valence-electron chi connectivity index (χ0n) is 38.8. The summed E-state index contributed by atoms with van der Waals surface area (Å²) in [7, 11) is 0. The molecule has 1 saturated carbocycles. The van der Waals surface area contributed by atoms with Crippen molar-refractivity contribution in [2.75, 3.05) is 50.7 Å². The molecule has 4 aliphatic heterocycles. The maximum absolute atomic E-state index is 13.7. The predicted octanol–water partition coefficient (Wildman–Crippen LogP) is 6.24. The Morgan fingerprint density at radius 1 is 0.866 bits per heavy atom. The van der Waals surface area contributed by atoms with Crippen LogP contribution in [0.4, 0.5) is 5.69 Å². The molecule has 5 heterocycles. The van der Waals surface area contributed by atoms with E-state index in [-0.39, 0.29) is 59.5 Å². The molecule has 1 unspecified atom stereocenters. The molecule has 9 rings (SSSR count). The fraction of sp³-hybridized carbons (Fsp3) is 0.529. The van der Waals surface area contributed by atoms with Crippen LogP contribution in [0.25, 0.3) is 10.9 Å². The molecule has 5 fully saturated rings. The van der Waals surface area contributed by atoms with Crippen molar-refractivity contribution in [1.29, 1.82) is 5.26 Å². The molecule has 16 heteroatoms. The Balaban J connectivity index is 0.699. The Kier molecular flexibility index (Phi) is 12.9. The fourth-order valence-corrected chi connectivity index (χ4v) is 12.1. The number of rotatable bonds is 10. The highest BCUT2D eigenvalue weighted by Crippen LogP contribution is 2.55. The lowest BCUT2D eigenvalue weighted by Gasteiger charge is -2.63. The van der Waals surface area contributed by atoms with Crippen LogP contribution in [-0.4, -0.2) is 106 Å². The summed E-state index contributed by atoms with van der Waals surface area (Å²) in [6, 6.07) is 19.8. The minimum atomic E-state index is -0.877. The minimum absolute atomic E-state index is 0.0240. The SMILES string of the molecule is CC1(C)C(NC(=O)c2ccc(C3CCN(CC4CCN(C(=O)C5CCN(c6ccc7nnn(C8CCC(=O)NC8=O)c(=O)c7c6)CC5)CC4)CC3)cc2)C(C)(C)C1Oc1ccc(C#N)c(Cl)c1. The van der Waals surface area contributed by atoms with Gasteiger partial charge in [0.05, 0.1) is 16.0 Å². The van der Waals surface area contributed by atoms with Crippen molar-refractivity contribution in [3.05, 3.63) is 92.7 Å². The third kappa shape index (κ3) is 9.27. The number of ether oxygens (including phenoxy) is 1. The van der Waals surface area contributed by atoms with Crippen LogP contribution in [0.5, 0.6) is 5.75 Å². The molecular formula is C51H60ClN9O6. The number of amides is 4. The van der Waals surface area contributed by atoms with Crippen LogP contribution in [0.1, 0.15) is 113 Å². The van der Waals surface area contributed by atoms with Crippen molar-refractivity contribution in [2.24, 2.45) is 22.7 Å². The van der Waals surface area contributed by atoms with Crippen LogP contribution in [0.3, 0.4) is 0 Å². The van der Waals surface area contributed by atoms with Gasteiger partial charge in [-0.05, 0) is 118 Å². The van der Waals surface area contributed by atoms with Gasteiger partial charge in [0, 0.05) is 79.3 Å². The fourth-order valence-electron chi connectivity index (χ4n) is 11.9. The van der Waals surface area contributed by atoms with Crippen molar-refractivity contribution in [3.63, 3.8) is 0 Å². The average Bonchev–Trinajstić information content (AvgIpc) is 3.33. The highest BCUT2D eigenvalue weighted by molar-refractivity contribution is 6.31. The molecular weight excluding hydrogens is 870 g/mol. The quantitative estimate of drug-likeness (QED) is 0.172. The van der Waals surface area contributed by atoms with Gasteiger partial charge in [0.25, 0.3) is 17.4 Å². The number of fused-ring (bicyclic) bond motifs is 1. The lowest BCUT2D eigenvalue weighted by Crippen LogP contribution is -2.74. The van der Waals surface area contributed by atoms with Gasteiger partial charge in [-0.3, -0.25) is 29.3 Å². The molecule has 1 atom stereocenters. The Hall–Kier alpha value is -5.85. The van der Waals surface area contributed by atoms with Gasteiger partial charge < -0.3 is 24.8 Å². The largest absolute Gasteiger partial charge is 0.489 e. The van der Waals surface area contributed by atoms with E-state index in [1.54, 1.807) is 30.3 Å². The number of hydrogen-bond donors (Lipinski definition) is 2. The molecule has 67 heavy (non-hydrogen) atoms. The number of imide groups is 1. The Morgan fingerprint density at radius 3 is 2.22 bits per heavy atom. The lowest BCUT2D eigenvalue weighted by atomic mass is 9.49. The number of piperidine rings is 4. The highest BCUT2D eigenvalue weighted by atomic mass is 35.5. The first-order chi connectivity index (χ1) is 32.1. The van der Waals surface area contributed by atoms with Crippen molar-refractivity contribution >= 4 is 51.8 Å². The van der Waals surface area contributed by atoms with Crippen LogP contribution >= 0.6 is 11.6 Å². The van der Waals surface area contributed by atoms with E-state index in [2.05, 4.69) is 81.5 Å². The van der Waals surface area contributed by atoms with Gasteiger partial charge in [0.2, 0.25) is 11.8 Å². The molecule has 4 aromatic rings. The number of nitrogens with zero attached hydrogens (tertiary/aromatic N) is 7. The number of aromatic nitrogens is 3. The maximum Gasteiger partial charge on any atom is 0.278 e. The molecule has 3 aromatic carbocycles. The number of anilines is 1. The van der Waals surface area contributed by atoms with Gasteiger partial charge in [-0.2, -0.15) is 9.94 Å². The van der Waals surface area contributed by atoms with Crippen LogP contribution < -0.4 is 25.8 Å². The summed E-state index contributed by atoms with van der Waals surface area (Å²) in [5.41, 5.74) is 2.53. The van der Waals surface area contributed by atoms with Crippen LogP contribution in [0.2, 0.25) is 5.02 Å². The Morgan fingerprint density at radius 2 is 1.57 bits per heavy atom. The van der Waals surface area contributed by atoms with Crippen LogP contribution in [0, 0.1) is 34.0 Å². The summed E-state index contributed by atoms with van der Waals surface area (Å²) in [6.07, 6.45) is 5.82. The lowest BCUT2D eigenvalue weighted by molar-refractivity contribution is -0.164. The summed E-state index contributed by atoms with van der Waals surface area (Å²) >= 11 is 6.27. The van der Waals surface area contributed by atoms with Gasteiger partial charge >= 0.3 is 0 Å². The first-order valence-electron chi connectivity index (χ1n) is 23.9. The first-order valence-corrected chi connectivity index (χ1v) is 24.2. The van der Waals surface area contributed by atoms with E-state index in [0.29, 0.717) is 57.7 Å². The van der Waals surface area contributed by atoms with E-state index in [0.717, 1.165) is 81.6 Å². The summed E-state index contributed by atoms with van der Waals surface area (Å²) in [4.78, 5) is 71.7. The second-order valence-corrected chi connectivity index (χ2v) is 20.9. The highest BCUT2D eigenvalue weighted by Gasteiger charge is 2.64. The molecule has 4 saturated heterocycles. The minimum Gasteiger partial charge on any atom is -0.489 e. The topological polar surface area (TPSA) is 183 Å². The third-order valence-corrected chi connectivity index (χ3v) is 15.8. The number of nitriles is 1. The molecule has 0 radical (unpaired) electrons. The molecule has 2 N–H and O–H groups in total. The van der Waals surface area contributed by atoms with E-state index in [1.165, 1.54) is 5.56 Å². The number of carbonyl (C=O) groups excluding carboxylic acids is 4. The van der Waals surface area contributed by atoms with Gasteiger partial charge in [-0.25, -0.2) is 0 Å². The molecule has 0 bridgehead atoms. The molecule has 1 aliphatic carbocycles. The number of nitrogens with one attached hydrogen (secondary N) is 2. The van der Waals surface area contributed by atoms with Gasteiger partial charge in [-0.15, -0.1) is 5.10 Å². The second-order valence-electron chi connectivity index (χ2n) is 20.5. The number of likely N-dealkylation sites (tertiary alicyclic amines) is 2. The van der Waals surface area contributed by atoms with Crippen molar-refractivity contribution in [3.8, 4) is 11.8 Å².